The lowest BCUT2D eigenvalue weighted by atomic mass is 9.81. The molecule has 1 aliphatic carbocycles. The second-order valence-corrected chi connectivity index (χ2v) is 5.42. The van der Waals surface area contributed by atoms with Gasteiger partial charge < -0.3 is 5.32 Å². The molecule has 0 aromatic carbocycles. The van der Waals surface area contributed by atoms with Crippen LogP contribution in [-0.2, 0) is 0 Å². The summed E-state index contributed by atoms with van der Waals surface area (Å²) in [7, 11) is 2.05. The maximum absolute atomic E-state index is 4.32. The molecule has 1 atom stereocenters. The van der Waals surface area contributed by atoms with Crippen LogP contribution >= 0.6 is 11.3 Å². The molecule has 1 aliphatic rings. The van der Waals surface area contributed by atoms with Crippen LogP contribution in [0.4, 0.5) is 0 Å². The maximum Gasteiger partial charge on any atom is 0.0897 e. The Hall–Kier alpha value is -0.410. The van der Waals surface area contributed by atoms with Gasteiger partial charge in [-0.1, -0.05) is 19.3 Å². The lowest BCUT2D eigenvalue weighted by Crippen LogP contribution is -2.22. The standard InChI is InChI=1S/C11H18N2S/c1-8-13-7-11(14-8)10(12-2)6-9-4-3-5-9/h7,9-10,12H,3-6H2,1-2H3. The summed E-state index contributed by atoms with van der Waals surface area (Å²) < 4.78 is 0. The van der Waals surface area contributed by atoms with Gasteiger partial charge in [-0.15, -0.1) is 11.3 Å². The zero-order chi connectivity index (χ0) is 9.97. The van der Waals surface area contributed by atoms with Gasteiger partial charge in [-0.3, -0.25) is 0 Å². The summed E-state index contributed by atoms with van der Waals surface area (Å²) in [4.78, 5) is 5.72. The summed E-state index contributed by atoms with van der Waals surface area (Å²) >= 11 is 1.82. The fraction of sp³-hybridized carbons (Fsp3) is 0.727. The molecule has 2 rings (SSSR count). The Morgan fingerprint density at radius 2 is 2.43 bits per heavy atom. The minimum Gasteiger partial charge on any atom is -0.312 e. The van der Waals surface area contributed by atoms with Crippen LogP contribution in [0.25, 0.3) is 0 Å². The van der Waals surface area contributed by atoms with Gasteiger partial charge in [0.05, 0.1) is 5.01 Å². The van der Waals surface area contributed by atoms with Crippen LogP contribution in [-0.4, -0.2) is 12.0 Å². The van der Waals surface area contributed by atoms with Crippen molar-refractivity contribution in [3.63, 3.8) is 0 Å². The first kappa shape index (κ1) is 10.1. The highest BCUT2D eigenvalue weighted by molar-refractivity contribution is 7.11. The molecule has 1 aromatic rings. The molecule has 1 heterocycles. The minimum atomic E-state index is 0.534. The van der Waals surface area contributed by atoms with Gasteiger partial charge in [-0.2, -0.15) is 0 Å². The van der Waals surface area contributed by atoms with Gasteiger partial charge in [0.2, 0.25) is 0 Å². The zero-order valence-corrected chi connectivity index (χ0v) is 9.73. The van der Waals surface area contributed by atoms with E-state index in [1.165, 1.54) is 35.6 Å². The molecule has 2 nitrogen and oxygen atoms in total. The van der Waals surface area contributed by atoms with E-state index in [0.717, 1.165) is 5.92 Å². The van der Waals surface area contributed by atoms with Crippen LogP contribution in [0.5, 0.6) is 0 Å². The molecular weight excluding hydrogens is 192 g/mol. The van der Waals surface area contributed by atoms with Gasteiger partial charge in [0.1, 0.15) is 0 Å². The van der Waals surface area contributed by atoms with E-state index in [2.05, 4.69) is 24.3 Å². The summed E-state index contributed by atoms with van der Waals surface area (Å²) in [6.45, 7) is 2.07. The van der Waals surface area contributed by atoms with Crippen LogP contribution in [0.15, 0.2) is 6.20 Å². The Bertz CT molecular complexity index is 291. The average molecular weight is 210 g/mol. The van der Waals surface area contributed by atoms with Crippen LogP contribution in [0.1, 0.15) is 41.6 Å². The lowest BCUT2D eigenvalue weighted by molar-refractivity contribution is 0.267. The molecule has 0 saturated heterocycles. The number of hydrogen-bond acceptors (Lipinski definition) is 3. The summed E-state index contributed by atoms with van der Waals surface area (Å²) in [5, 5.41) is 4.58. The van der Waals surface area contributed by atoms with Crippen molar-refractivity contribution in [3.05, 3.63) is 16.1 Å². The number of rotatable bonds is 4. The van der Waals surface area contributed by atoms with Crippen molar-refractivity contribution in [2.75, 3.05) is 7.05 Å². The topological polar surface area (TPSA) is 24.9 Å². The highest BCUT2D eigenvalue weighted by atomic mass is 32.1. The molecule has 0 spiro atoms. The van der Waals surface area contributed by atoms with E-state index in [9.17, 15) is 0 Å². The molecule has 0 bridgehead atoms. The first-order valence-corrected chi connectivity index (χ1v) is 6.21. The van der Waals surface area contributed by atoms with Gasteiger partial charge in [0.25, 0.3) is 0 Å². The predicted molar refractivity (Wildman–Crippen MR) is 60.6 cm³/mol. The molecule has 0 radical (unpaired) electrons. The smallest absolute Gasteiger partial charge is 0.0897 e. The predicted octanol–water partition coefficient (Wildman–Crippen LogP) is 2.90. The first-order valence-electron chi connectivity index (χ1n) is 5.39. The Kier molecular flexibility index (Phi) is 3.19. The van der Waals surface area contributed by atoms with E-state index < -0.39 is 0 Å². The van der Waals surface area contributed by atoms with Gasteiger partial charge in [0.15, 0.2) is 0 Å². The van der Waals surface area contributed by atoms with Crippen molar-refractivity contribution < 1.29 is 0 Å². The van der Waals surface area contributed by atoms with Gasteiger partial charge in [0, 0.05) is 17.1 Å². The largest absolute Gasteiger partial charge is 0.312 e. The van der Waals surface area contributed by atoms with Crippen LogP contribution in [0, 0.1) is 12.8 Å². The molecule has 1 N–H and O–H groups in total. The number of thiazole rings is 1. The molecule has 1 saturated carbocycles. The summed E-state index contributed by atoms with van der Waals surface area (Å²) in [6, 6.07) is 0.534. The fourth-order valence-electron chi connectivity index (χ4n) is 1.98. The van der Waals surface area contributed by atoms with E-state index in [0.29, 0.717) is 6.04 Å². The molecular formula is C11H18N2S. The Balaban J connectivity index is 1.97. The quantitative estimate of drug-likeness (QED) is 0.826. The zero-order valence-electron chi connectivity index (χ0n) is 8.92. The van der Waals surface area contributed by atoms with E-state index in [1.54, 1.807) is 0 Å². The van der Waals surface area contributed by atoms with Crippen molar-refractivity contribution in [1.82, 2.24) is 10.3 Å². The number of aryl methyl sites for hydroxylation is 1. The second-order valence-electron chi connectivity index (χ2n) is 4.16. The molecule has 0 amide bonds. The van der Waals surface area contributed by atoms with Crippen molar-refractivity contribution in [2.24, 2.45) is 5.92 Å². The Morgan fingerprint density at radius 1 is 1.64 bits per heavy atom. The van der Waals surface area contributed by atoms with E-state index in [4.69, 9.17) is 0 Å². The number of nitrogens with one attached hydrogen (secondary N) is 1. The molecule has 3 heteroatoms. The van der Waals surface area contributed by atoms with Crippen LogP contribution in [0.2, 0.25) is 0 Å². The fourth-order valence-corrected chi connectivity index (χ4v) is 2.89. The van der Waals surface area contributed by atoms with E-state index >= 15 is 0 Å². The SMILES string of the molecule is CNC(CC1CCC1)c1cnc(C)s1. The minimum absolute atomic E-state index is 0.534. The van der Waals surface area contributed by atoms with E-state index in [1.807, 2.05) is 17.5 Å². The Morgan fingerprint density at radius 3 is 2.86 bits per heavy atom. The number of aromatic nitrogens is 1. The van der Waals surface area contributed by atoms with Gasteiger partial charge in [-0.25, -0.2) is 4.98 Å². The van der Waals surface area contributed by atoms with Gasteiger partial charge in [-0.05, 0) is 26.3 Å². The first-order chi connectivity index (χ1) is 6.79. The number of nitrogens with zero attached hydrogens (tertiary/aromatic N) is 1. The average Bonchev–Trinajstić information content (AvgIpc) is 2.50. The monoisotopic (exact) mass is 210 g/mol. The molecule has 1 aromatic heterocycles. The van der Waals surface area contributed by atoms with Gasteiger partial charge >= 0.3 is 0 Å². The third-order valence-electron chi connectivity index (χ3n) is 3.12. The third-order valence-corrected chi connectivity index (χ3v) is 4.15. The van der Waals surface area contributed by atoms with Crippen LogP contribution in [0.3, 0.4) is 0 Å². The molecule has 1 unspecified atom stereocenters. The summed E-state index contributed by atoms with van der Waals surface area (Å²) in [6.07, 6.45) is 7.60. The molecule has 1 fully saturated rings. The van der Waals surface area contributed by atoms with E-state index in [-0.39, 0.29) is 0 Å². The molecule has 14 heavy (non-hydrogen) atoms. The van der Waals surface area contributed by atoms with Crippen molar-refractivity contribution in [2.45, 2.75) is 38.6 Å². The van der Waals surface area contributed by atoms with Crippen molar-refractivity contribution in [1.29, 1.82) is 0 Å². The normalized spacial score (nSPS) is 19.3. The highest BCUT2D eigenvalue weighted by Crippen LogP contribution is 2.35. The lowest BCUT2D eigenvalue weighted by Gasteiger charge is -2.28. The second kappa shape index (κ2) is 4.41. The van der Waals surface area contributed by atoms with Crippen molar-refractivity contribution in [3.8, 4) is 0 Å². The highest BCUT2D eigenvalue weighted by Gasteiger charge is 2.23. The molecule has 78 valence electrons. The number of hydrogen-bond donors (Lipinski definition) is 1. The Labute approximate surface area is 89.8 Å². The molecule has 0 aliphatic heterocycles. The van der Waals surface area contributed by atoms with Crippen LogP contribution < -0.4 is 5.32 Å². The third kappa shape index (κ3) is 2.15. The van der Waals surface area contributed by atoms with Crippen molar-refractivity contribution >= 4 is 11.3 Å². The summed E-state index contributed by atoms with van der Waals surface area (Å²) in [5.41, 5.74) is 0. The summed E-state index contributed by atoms with van der Waals surface area (Å²) in [5.74, 6) is 0.954. The maximum atomic E-state index is 4.32.